The molecule has 3 aromatic rings. The highest BCUT2D eigenvalue weighted by molar-refractivity contribution is 7.71. The molecular weight excluding hydrogens is 382 g/mol. The van der Waals surface area contributed by atoms with E-state index in [0.29, 0.717) is 22.2 Å². The van der Waals surface area contributed by atoms with E-state index in [1.165, 1.54) is 6.21 Å². The van der Waals surface area contributed by atoms with E-state index in [0.717, 1.165) is 16.9 Å². The maximum Gasteiger partial charge on any atom is 0.216 e. The van der Waals surface area contributed by atoms with Gasteiger partial charge < -0.3 is 4.74 Å². The van der Waals surface area contributed by atoms with Crippen molar-refractivity contribution in [3.8, 4) is 17.1 Å². The zero-order valence-electron chi connectivity index (χ0n) is 14.6. The lowest BCUT2D eigenvalue weighted by Crippen LogP contribution is -2.10. The molecule has 0 radical (unpaired) electrons. The number of allylic oxidation sites excluding steroid dienone is 1. The van der Waals surface area contributed by atoms with Crippen molar-refractivity contribution >= 4 is 36.1 Å². The van der Waals surface area contributed by atoms with E-state index < -0.39 is 0 Å². The molecule has 0 unspecified atom stereocenters. The Morgan fingerprint density at radius 3 is 2.70 bits per heavy atom. The SMILES string of the molecule is CCOc1ccc(-c2n[nH]c(=S)n2NN=CC(Cl)=Cc2ccccc2)cc1. The number of benzene rings is 2. The number of nitrogens with zero attached hydrogens (tertiary/aromatic N) is 3. The molecule has 2 N–H and O–H groups in total. The Kier molecular flexibility index (Phi) is 6.40. The lowest BCUT2D eigenvalue weighted by molar-refractivity contribution is 0.340. The molecule has 0 aliphatic rings. The van der Waals surface area contributed by atoms with Crippen molar-refractivity contribution in [2.24, 2.45) is 5.10 Å². The number of aromatic amines is 1. The Labute approximate surface area is 167 Å². The van der Waals surface area contributed by atoms with E-state index in [1.807, 2.05) is 67.6 Å². The number of rotatable bonds is 7. The maximum atomic E-state index is 6.20. The van der Waals surface area contributed by atoms with Crippen LogP contribution in [-0.4, -0.2) is 27.7 Å². The summed E-state index contributed by atoms with van der Waals surface area (Å²) in [6, 6.07) is 17.3. The van der Waals surface area contributed by atoms with Crippen molar-refractivity contribution in [1.29, 1.82) is 0 Å². The van der Waals surface area contributed by atoms with E-state index in [-0.39, 0.29) is 0 Å². The standard InChI is InChI=1S/C19H18ClN5OS/c1-2-26-17-10-8-15(9-11-17)18-22-23-19(27)25(18)24-21-13-16(20)12-14-6-4-3-5-7-14/h3-13,24H,2H2,1H3,(H,23,27). The van der Waals surface area contributed by atoms with E-state index in [2.05, 4.69) is 20.8 Å². The summed E-state index contributed by atoms with van der Waals surface area (Å²) < 4.78 is 7.41. The van der Waals surface area contributed by atoms with E-state index >= 15 is 0 Å². The van der Waals surface area contributed by atoms with Gasteiger partial charge in [-0.1, -0.05) is 41.9 Å². The summed E-state index contributed by atoms with van der Waals surface area (Å²) in [5.74, 6) is 1.40. The molecule has 6 nitrogen and oxygen atoms in total. The van der Waals surface area contributed by atoms with Gasteiger partial charge in [-0.3, -0.25) is 0 Å². The van der Waals surface area contributed by atoms with Crippen LogP contribution < -0.4 is 10.3 Å². The highest BCUT2D eigenvalue weighted by Crippen LogP contribution is 2.20. The third kappa shape index (κ3) is 5.06. The van der Waals surface area contributed by atoms with E-state index in [1.54, 1.807) is 4.68 Å². The summed E-state index contributed by atoms with van der Waals surface area (Å²) in [6.07, 6.45) is 3.32. The fourth-order valence-corrected chi connectivity index (χ4v) is 2.69. The number of hydrogen-bond acceptors (Lipinski definition) is 5. The van der Waals surface area contributed by atoms with Crippen LogP contribution in [0.1, 0.15) is 12.5 Å². The van der Waals surface area contributed by atoms with Gasteiger partial charge in [-0.05, 0) is 55.0 Å². The molecule has 0 aliphatic carbocycles. The van der Waals surface area contributed by atoms with Crippen LogP contribution in [0.25, 0.3) is 17.5 Å². The minimum atomic E-state index is 0.388. The van der Waals surface area contributed by atoms with Crippen molar-refractivity contribution in [1.82, 2.24) is 14.9 Å². The van der Waals surface area contributed by atoms with Gasteiger partial charge in [-0.15, -0.1) is 0 Å². The second-order valence-corrected chi connectivity index (χ2v) is 6.27. The minimum absolute atomic E-state index is 0.388. The van der Waals surface area contributed by atoms with Crippen molar-refractivity contribution in [3.63, 3.8) is 0 Å². The first-order valence-electron chi connectivity index (χ1n) is 8.29. The molecule has 1 aromatic heterocycles. The third-order valence-electron chi connectivity index (χ3n) is 3.55. The average Bonchev–Trinajstić information content (AvgIpc) is 3.04. The second-order valence-electron chi connectivity index (χ2n) is 5.44. The van der Waals surface area contributed by atoms with Crippen LogP contribution in [0.5, 0.6) is 5.75 Å². The first kappa shape index (κ1) is 18.9. The van der Waals surface area contributed by atoms with Gasteiger partial charge in [0.2, 0.25) is 4.77 Å². The van der Waals surface area contributed by atoms with Gasteiger partial charge in [0.1, 0.15) is 5.75 Å². The number of halogens is 1. The molecule has 3 rings (SSSR count). The largest absolute Gasteiger partial charge is 0.494 e. The van der Waals surface area contributed by atoms with Gasteiger partial charge in [0.25, 0.3) is 0 Å². The summed E-state index contributed by atoms with van der Waals surface area (Å²) in [7, 11) is 0. The van der Waals surface area contributed by atoms with Crippen LogP contribution in [0.3, 0.4) is 0 Å². The number of hydrazone groups is 1. The number of nitrogens with one attached hydrogen (secondary N) is 2. The van der Waals surface area contributed by atoms with Crippen molar-refractivity contribution in [2.45, 2.75) is 6.92 Å². The Morgan fingerprint density at radius 2 is 2.00 bits per heavy atom. The summed E-state index contributed by atoms with van der Waals surface area (Å²) in [6.45, 7) is 2.56. The number of H-pyrrole nitrogens is 1. The molecule has 1 heterocycles. The topological polar surface area (TPSA) is 67.2 Å². The molecular formula is C19H18ClN5OS. The van der Waals surface area contributed by atoms with Crippen LogP contribution in [0.15, 0.2) is 64.7 Å². The number of ether oxygens (including phenoxy) is 1. The van der Waals surface area contributed by atoms with Crippen LogP contribution in [0, 0.1) is 4.77 Å². The molecule has 0 fully saturated rings. The fraction of sp³-hybridized carbons (Fsp3) is 0.105. The minimum Gasteiger partial charge on any atom is -0.494 e. The van der Waals surface area contributed by atoms with Crippen molar-refractivity contribution in [3.05, 3.63) is 70.0 Å². The highest BCUT2D eigenvalue weighted by Gasteiger charge is 2.08. The summed E-state index contributed by atoms with van der Waals surface area (Å²) >= 11 is 11.5. The third-order valence-corrected chi connectivity index (χ3v) is 4.03. The second kappa shape index (κ2) is 9.16. The van der Waals surface area contributed by atoms with Gasteiger partial charge in [-0.25, -0.2) is 10.6 Å². The molecule has 8 heteroatoms. The predicted molar refractivity (Wildman–Crippen MR) is 112 cm³/mol. The van der Waals surface area contributed by atoms with Crippen molar-refractivity contribution in [2.75, 3.05) is 12.1 Å². The lowest BCUT2D eigenvalue weighted by atomic mass is 10.2. The molecule has 0 spiro atoms. The lowest BCUT2D eigenvalue weighted by Gasteiger charge is -2.07. The average molecular weight is 400 g/mol. The zero-order valence-corrected chi connectivity index (χ0v) is 16.2. The Morgan fingerprint density at radius 1 is 1.26 bits per heavy atom. The molecule has 0 amide bonds. The molecule has 138 valence electrons. The molecule has 27 heavy (non-hydrogen) atoms. The van der Waals surface area contributed by atoms with Gasteiger partial charge in [-0.2, -0.15) is 14.9 Å². The van der Waals surface area contributed by atoms with Crippen molar-refractivity contribution < 1.29 is 4.74 Å². The van der Waals surface area contributed by atoms with Crippen LogP contribution >= 0.6 is 23.8 Å². The first-order valence-corrected chi connectivity index (χ1v) is 9.08. The van der Waals surface area contributed by atoms with Crippen LogP contribution in [0.2, 0.25) is 0 Å². The Hall–Kier alpha value is -2.90. The van der Waals surface area contributed by atoms with Gasteiger partial charge >= 0.3 is 0 Å². The smallest absolute Gasteiger partial charge is 0.216 e. The number of hydrogen-bond donors (Lipinski definition) is 2. The fourth-order valence-electron chi connectivity index (χ4n) is 2.34. The van der Waals surface area contributed by atoms with Gasteiger partial charge in [0.05, 0.1) is 17.9 Å². The van der Waals surface area contributed by atoms with Crippen LogP contribution in [-0.2, 0) is 0 Å². The predicted octanol–water partition coefficient (Wildman–Crippen LogP) is 4.82. The van der Waals surface area contributed by atoms with E-state index in [9.17, 15) is 0 Å². The normalized spacial score (nSPS) is 11.7. The molecule has 0 atom stereocenters. The molecule has 0 bridgehead atoms. The monoisotopic (exact) mass is 399 g/mol. The quantitative estimate of drug-likeness (QED) is 0.339. The van der Waals surface area contributed by atoms with E-state index in [4.69, 9.17) is 28.6 Å². The molecule has 0 saturated heterocycles. The maximum absolute atomic E-state index is 6.20. The highest BCUT2D eigenvalue weighted by atomic mass is 35.5. The zero-order chi connectivity index (χ0) is 19.1. The first-order chi connectivity index (χ1) is 13.2. The van der Waals surface area contributed by atoms with Gasteiger partial charge in [0.15, 0.2) is 5.82 Å². The summed E-state index contributed by atoms with van der Waals surface area (Å²) in [5.41, 5.74) is 4.70. The molecule has 2 aromatic carbocycles. The number of aromatic nitrogens is 3. The molecule has 0 saturated carbocycles. The van der Waals surface area contributed by atoms with Crippen LogP contribution in [0.4, 0.5) is 0 Å². The summed E-state index contributed by atoms with van der Waals surface area (Å²) in [4.78, 5) is 0. The Balaban J connectivity index is 1.75. The van der Waals surface area contributed by atoms with Gasteiger partial charge in [0, 0.05) is 5.56 Å². The molecule has 0 aliphatic heterocycles. The Bertz CT molecular complexity index is 993. The summed E-state index contributed by atoms with van der Waals surface area (Å²) in [5, 5.41) is 11.6.